The van der Waals surface area contributed by atoms with Gasteiger partial charge in [-0.1, -0.05) is 18.6 Å². The Balaban J connectivity index is 0.00000144. The summed E-state index contributed by atoms with van der Waals surface area (Å²) in [6.07, 6.45) is 7.04. The number of hydrogen-bond donors (Lipinski definition) is 2. The van der Waals surface area contributed by atoms with Crippen LogP contribution in [0.15, 0.2) is 48.8 Å². The van der Waals surface area contributed by atoms with E-state index < -0.39 is 0 Å². The van der Waals surface area contributed by atoms with Gasteiger partial charge in [-0.25, -0.2) is 13.9 Å². The Morgan fingerprint density at radius 3 is 2.84 bits per heavy atom. The van der Waals surface area contributed by atoms with Crippen molar-refractivity contribution in [3.63, 3.8) is 0 Å². The van der Waals surface area contributed by atoms with E-state index in [-0.39, 0.29) is 22.1 Å². The second-order valence-electron chi connectivity index (χ2n) is 8.09. The van der Waals surface area contributed by atoms with E-state index in [1.807, 2.05) is 6.92 Å². The maximum absolute atomic E-state index is 13.3. The van der Waals surface area contributed by atoms with E-state index in [0.29, 0.717) is 41.1 Å². The summed E-state index contributed by atoms with van der Waals surface area (Å²) in [6, 6.07) is 10.1. The van der Waals surface area contributed by atoms with Gasteiger partial charge >= 0.3 is 6.01 Å². The van der Waals surface area contributed by atoms with E-state index >= 15 is 0 Å². The molecule has 5 rings (SSSR count). The molecule has 4 aromatic rings. The van der Waals surface area contributed by atoms with Crippen LogP contribution in [0.2, 0.25) is 0 Å². The van der Waals surface area contributed by atoms with Crippen LogP contribution in [0, 0.1) is 11.7 Å². The van der Waals surface area contributed by atoms with E-state index in [1.54, 1.807) is 41.2 Å². The fraction of sp³-hybridized carbons (Fsp3) is 0.304. The Labute approximate surface area is 189 Å². The van der Waals surface area contributed by atoms with E-state index in [2.05, 4.69) is 25.4 Å². The number of benzene rings is 1. The van der Waals surface area contributed by atoms with Gasteiger partial charge in [0.2, 0.25) is 0 Å². The number of hydrogen-bond acceptors (Lipinski definition) is 7. The van der Waals surface area contributed by atoms with E-state index in [1.165, 1.54) is 18.6 Å². The van der Waals surface area contributed by atoms with Gasteiger partial charge < -0.3 is 15.8 Å². The highest BCUT2D eigenvalue weighted by molar-refractivity contribution is 5.85. The zero-order valence-corrected chi connectivity index (χ0v) is 17.7. The number of ether oxygens (including phenoxy) is 1. The predicted octanol–water partition coefficient (Wildman–Crippen LogP) is 5.00. The van der Waals surface area contributed by atoms with Crippen molar-refractivity contribution < 1.29 is 13.4 Å². The smallest absolute Gasteiger partial charge is 0.318 e. The van der Waals surface area contributed by atoms with Gasteiger partial charge in [0.1, 0.15) is 11.6 Å². The number of nitrogens with zero attached hydrogens (tertiary/aromatic N) is 5. The molecule has 3 heterocycles. The van der Waals surface area contributed by atoms with Crippen LogP contribution in [-0.4, -0.2) is 31.2 Å². The third kappa shape index (κ3) is 4.05. The lowest BCUT2D eigenvalue weighted by atomic mass is 9.86. The van der Waals surface area contributed by atoms with Crippen molar-refractivity contribution in [3.05, 3.63) is 60.2 Å². The predicted molar refractivity (Wildman–Crippen MR) is 126 cm³/mol. The van der Waals surface area contributed by atoms with Crippen molar-refractivity contribution in [2.45, 2.75) is 32.2 Å². The summed E-state index contributed by atoms with van der Waals surface area (Å²) < 4.78 is 20.9. The Morgan fingerprint density at radius 1 is 1.28 bits per heavy atom. The van der Waals surface area contributed by atoms with Crippen LogP contribution >= 0.6 is 0 Å². The molecule has 1 saturated carbocycles. The molecule has 0 aliphatic heterocycles. The SMILES string of the molecule is C[C@H](Nc1cc(-c2c(N)nn3cccnc23)nc(OCC2CCC2)n1)c1ccc(F)cc1.[HH].[HH].[HH]. The van der Waals surface area contributed by atoms with Crippen molar-refractivity contribution in [2.24, 2.45) is 5.92 Å². The first-order valence-corrected chi connectivity index (χ1v) is 10.7. The quantitative estimate of drug-likeness (QED) is 0.418. The first-order chi connectivity index (χ1) is 15.6. The average molecular weight is 440 g/mol. The molecule has 0 bridgehead atoms. The Hall–Kier alpha value is -3.75. The van der Waals surface area contributed by atoms with Crippen molar-refractivity contribution in [1.29, 1.82) is 0 Å². The summed E-state index contributed by atoms with van der Waals surface area (Å²) in [4.78, 5) is 13.6. The molecule has 0 radical (unpaired) electrons. The minimum Gasteiger partial charge on any atom is -0.463 e. The van der Waals surface area contributed by atoms with Crippen molar-refractivity contribution >= 4 is 17.3 Å². The minimum absolute atomic E-state index is 0. The lowest BCUT2D eigenvalue weighted by Crippen LogP contribution is -2.20. The van der Waals surface area contributed by atoms with Gasteiger partial charge in [0.05, 0.1) is 17.9 Å². The molecule has 1 aliphatic rings. The molecule has 1 atom stereocenters. The largest absolute Gasteiger partial charge is 0.463 e. The summed E-state index contributed by atoms with van der Waals surface area (Å²) in [7, 11) is 0. The summed E-state index contributed by atoms with van der Waals surface area (Å²) in [5.74, 6) is 1.17. The molecule has 9 heteroatoms. The molecule has 170 valence electrons. The standard InChI is InChI=1S/C23H24FN7O.3H2/c1-14(16-6-8-17(24)9-7-16)27-19-12-18(28-23(29-19)32-13-15-4-2-5-15)20-21(25)30-31-11-3-10-26-22(20)31;;;/h3,6-12,14-15H,2,4-5,13H2,1H3,(H2,25,30)(H,27,28,29);3*1H/t14-;;;/m0.../s1. The van der Waals surface area contributed by atoms with Crippen molar-refractivity contribution in [2.75, 3.05) is 17.7 Å². The summed E-state index contributed by atoms with van der Waals surface area (Å²) in [6.45, 7) is 2.56. The highest BCUT2D eigenvalue weighted by Gasteiger charge is 2.21. The third-order valence-electron chi connectivity index (χ3n) is 5.79. The fourth-order valence-electron chi connectivity index (χ4n) is 3.75. The molecule has 0 amide bonds. The lowest BCUT2D eigenvalue weighted by molar-refractivity contribution is 0.170. The number of nitrogens with one attached hydrogen (secondary N) is 1. The van der Waals surface area contributed by atoms with Crippen LogP contribution in [0.4, 0.5) is 16.0 Å². The number of aromatic nitrogens is 5. The minimum atomic E-state index is -0.270. The number of anilines is 2. The molecule has 8 nitrogen and oxygen atoms in total. The first kappa shape index (κ1) is 20.2. The molecule has 0 spiro atoms. The number of nitrogens with two attached hydrogens (primary N) is 1. The van der Waals surface area contributed by atoms with Crippen LogP contribution in [0.5, 0.6) is 6.01 Å². The van der Waals surface area contributed by atoms with Crippen LogP contribution in [0.1, 0.15) is 42.1 Å². The van der Waals surface area contributed by atoms with Gasteiger partial charge in [-0.15, -0.1) is 5.10 Å². The fourth-order valence-corrected chi connectivity index (χ4v) is 3.75. The summed E-state index contributed by atoms with van der Waals surface area (Å²) in [5.41, 5.74) is 8.95. The van der Waals surface area contributed by atoms with Crippen LogP contribution in [0.3, 0.4) is 0 Å². The maximum atomic E-state index is 13.3. The van der Waals surface area contributed by atoms with Gasteiger partial charge in [-0.05, 0) is 49.4 Å². The average Bonchev–Trinajstić information content (AvgIpc) is 3.08. The van der Waals surface area contributed by atoms with E-state index in [9.17, 15) is 4.39 Å². The maximum Gasteiger partial charge on any atom is 0.318 e. The van der Waals surface area contributed by atoms with Gasteiger partial charge in [0.25, 0.3) is 0 Å². The van der Waals surface area contributed by atoms with E-state index in [0.717, 1.165) is 18.4 Å². The van der Waals surface area contributed by atoms with Crippen LogP contribution in [0.25, 0.3) is 16.9 Å². The first-order valence-electron chi connectivity index (χ1n) is 10.7. The summed E-state index contributed by atoms with van der Waals surface area (Å²) in [5, 5.41) is 7.70. The number of fused-ring (bicyclic) bond motifs is 1. The molecule has 0 saturated heterocycles. The Kier molecular flexibility index (Phi) is 5.30. The topological polar surface area (TPSA) is 103 Å². The molecule has 1 aromatic carbocycles. The monoisotopic (exact) mass is 439 g/mol. The van der Waals surface area contributed by atoms with Gasteiger partial charge in [-0.2, -0.15) is 9.97 Å². The number of rotatable bonds is 7. The third-order valence-corrected chi connectivity index (χ3v) is 5.79. The number of nitrogen functional groups attached to an aromatic ring is 1. The zero-order chi connectivity index (χ0) is 22.1. The van der Waals surface area contributed by atoms with Crippen molar-refractivity contribution in [1.82, 2.24) is 24.6 Å². The zero-order valence-electron chi connectivity index (χ0n) is 17.7. The molecule has 0 unspecified atom stereocenters. The molecular formula is C23H30FN7O. The second kappa shape index (κ2) is 8.41. The van der Waals surface area contributed by atoms with Crippen molar-refractivity contribution in [3.8, 4) is 17.3 Å². The molecule has 1 aliphatic carbocycles. The van der Waals surface area contributed by atoms with Gasteiger partial charge in [-0.3, -0.25) is 0 Å². The van der Waals surface area contributed by atoms with Gasteiger partial charge in [0, 0.05) is 28.8 Å². The Morgan fingerprint density at radius 2 is 2.09 bits per heavy atom. The molecule has 3 aromatic heterocycles. The second-order valence-corrected chi connectivity index (χ2v) is 8.09. The molecule has 32 heavy (non-hydrogen) atoms. The van der Waals surface area contributed by atoms with Gasteiger partial charge in [0.15, 0.2) is 11.5 Å². The molecule has 3 N–H and O–H groups in total. The molecular weight excluding hydrogens is 409 g/mol. The summed E-state index contributed by atoms with van der Waals surface area (Å²) >= 11 is 0. The lowest BCUT2D eigenvalue weighted by Gasteiger charge is -2.24. The van der Waals surface area contributed by atoms with Crippen LogP contribution in [-0.2, 0) is 0 Å². The van der Waals surface area contributed by atoms with Crippen LogP contribution < -0.4 is 15.8 Å². The highest BCUT2D eigenvalue weighted by atomic mass is 19.1. The number of halogens is 1. The van der Waals surface area contributed by atoms with E-state index in [4.69, 9.17) is 10.5 Å². The normalized spacial score (nSPS) is 14.8. The molecule has 1 fully saturated rings. The Bertz CT molecular complexity index is 1250. The highest BCUT2D eigenvalue weighted by Crippen LogP contribution is 2.32.